The molecular weight excluding hydrogens is 281 g/mol. The predicted molar refractivity (Wildman–Crippen MR) is 81.0 cm³/mol. The van der Waals surface area contributed by atoms with E-state index in [9.17, 15) is 5.11 Å². The molecule has 1 aromatic rings. The lowest BCUT2D eigenvalue weighted by atomic mass is 9.75. The highest BCUT2D eigenvalue weighted by molar-refractivity contribution is 6.35. The van der Waals surface area contributed by atoms with Crippen LogP contribution in [0.25, 0.3) is 0 Å². The van der Waals surface area contributed by atoms with Gasteiger partial charge in [-0.2, -0.15) is 0 Å². The Hall–Kier alpha value is -0.440. The zero-order valence-corrected chi connectivity index (χ0v) is 13.0. The van der Waals surface area contributed by atoms with E-state index in [0.29, 0.717) is 28.0 Å². The maximum atomic E-state index is 9.90. The van der Waals surface area contributed by atoms with Crippen LogP contribution in [0.15, 0.2) is 12.1 Å². The molecule has 0 unspecified atom stereocenters. The van der Waals surface area contributed by atoms with Crippen molar-refractivity contribution in [1.82, 2.24) is 5.32 Å². The van der Waals surface area contributed by atoms with Crippen molar-refractivity contribution >= 4 is 23.2 Å². The van der Waals surface area contributed by atoms with Crippen LogP contribution in [0, 0.1) is 5.41 Å². The van der Waals surface area contributed by atoms with E-state index in [1.807, 2.05) is 0 Å². The lowest BCUT2D eigenvalue weighted by Gasteiger charge is -2.34. The zero-order valence-electron chi connectivity index (χ0n) is 11.5. The largest absolute Gasteiger partial charge is 0.506 e. The number of halogens is 2. The molecule has 0 saturated heterocycles. The molecule has 0 amide bonds. The minimum absolute atomic E-state index is 0.134. The second-order valence-corrected chi connectivity index (χ2v) is 7.06. The monoisotopic (exact) mass is 301 g/mol. The van der Waals surface area contributed by atoms with Gasteiger partial charge in [-0.1, -0.05) is 37.0 Å². The van der Waals surface area contributed by atoms with Crippen LogP contribution in [0.4, 0.5) is 0 Å². The fourth-order valence-electron chi connectivity index (χ4n) is 2.61. The number of hydrogen-bond donors (Lipinski definition) is 2. The molecule has 2 rings (SSSR count). The number of hydrogen-bond acceptors (Lipinski definition) is 2. The molecule has 2 nitrogen and oxygen atoms in total. The standard InChI is InChI=1S/C15H21Cl2NO/c1-15(2)5-3-12(4-6-15)18-9-10-7-11(16)8-13(17)14(10)19/h7-8,12,18-19H,3-6,9H2,1-2H3. The van der Waals surface area contributed by atoms with E-state index in [-0.39, 0.29) is 5.75 Å². The van der Waals surface area contributed by atoms with Crippen LogP contribution in [0.5, 0.6) is 5.75 Å². The van der Waals surface area contributed by atoms with Gasteiger partial charge in [-0.15, -0.1) is 0 Å². The molecule has 1 aliphatic carbocycles. The maximum absolute atomic E-state index is 9.90. The van der Waals surface area contributed by atoms with Crippen LogP contribution >= 0.6 is 23.2 Å². The molecule has 0 heterocycles. The van der Waals surface area contributed by atoms with Crippen LogP contribution in [0.2, 0.25) is 10.0 Å². The highest BCUT2D eigenvalue weighted by Crippen LogP contribution is 2.35. The van der Waals surface area contributed by atoms with Crippen molar-refractivity contribution < 1.29 is 5.11 Å². The first kappa shape index (κ1) is 15.0. The van der Waals surface area contributed by atoms with Gasteiger partial charge in [0.2, 0.25) is 0 Å². The summed E-state index contributed by atoms with van der Waals surface area (Å²) < 4.78 is 0. The molecular formula is C15H21Cl2NO. The van der Waals surface area contributed by atoms with Gasteiger partial charge >= 0.3 is 0 Å². The Morgan fingerprint density at radius 3 is 2.53 bits per heavy atom. The fourth-order valence-corrected chi connectivity index (χ4v) is 3.15. The van der Waals surface area contributed by atoms with Crippen molar-refractivity contribution in [3.8, 4) is 5.75 Å². The third kappa shape index (κ3) is 4.01. The summed E-state index contributed by atoms with van der Waals surface area (Å²) in [4.78, 5) is 0. The van der Waals surface area contributed by atoms with Crippen LogP contribution in [0.3, 0.4) is 0 Å². The number of aromatic hydroxyl groups is 1. The molecule has 2 N–H and O–H groups in total. The van der Waals surface area contributed by atoms with Crippen LogP contribution in [-0.2, 0) is 6.54 Å². The van der Waals surface area contributed by atoms with Gasteiger partial charge in [-0.25, -0.2) is 0 Å². The maximum Gasteiger partial charge on any atom is 0.138 e. The van der Waals surface area contributed by atoms with Crippen LogP contribution in [0.1, 0.15) is 45.1 Å². The smallest absolute Gasteiger partial charge is 0.138 e. The topological polar surface area (TPSA) is 32.3 Å². The number of benzene rings is 1. The number of nitrogens with one attached hydrogen (secondary N) is 1. The quantitative estimate of drug-likeness (QED) is 0.844. The zero-order chi connectivity index (χ0) is 14.0. The summed E-state index contributed by atoms with van der Waals surface area (Å²) in [5.41, 5.74) is 1.24. The summed E-state index contributed by atoms with van der Waals surface area (Å²) in [6.45, 7) is 5.26. The predicted octanol–water partition coefficient (Wildman–Crippen LogP) is 4.76. The molecule has 0 radical (unpaired) electrons. The van der Waals surface area contributed by atoms with Gasteiger partial charge < -0.3 is 10.4 Å². The van der Waals surface area contributed by atoms with Gasteiger partial charge in [0.25, 0.3) is 0 Å². The Kier molecular flexibility index (Phi) is 4.65. The molecule has 1 fully saturated rings. The molecule has 0 atom stereocenters. The van der Waals surface area contributed by atoms with Crippen LogP contribution < -0.4 is 5.32 Å². The summed E-state index contributed by atoms with van der Waals surface area (Å²) in [7, 11) is 0. The first-order chi connectivity index (χ1) is 8.87. The van der Waals surface area contributed by atoms with Crippen molar-refractivity contribution in [3.63, 3.8) is 0 Å². The van der Waals surface area contributed by atoms with Gasteiger partial charge in [0.05, 0.1) is 5.02 Å². The third-order valence-corrected chi connectivity index (χ3v) is 4.53. The highest BCUT2D eigenvalue weighted by Gasteiger charge is 2.26. The highest BCUT2D eigenvalue weighted by atomic mass is 35.5. The molecule has 0 aromatic heterocycles. The Balaban J connectivity index is 1.93. The first-order valence-electron chi connectivity index (χ1n) is 6.78. The Labute approximate surface area is 125 Å². The molecule has 0 aliphatic heterocycles. The van der Waals surface area contributed by atoms with Crippen molar-refractivity contribution in [3.05, 3.63) is 27.7 Å². The Bertz CT molecular complexity index is 450. The van der Waals surface area contributed by atoms with Gasteiger partial charge in [-0.3, -0.25) is 0 Å². The average Bonchev–Trinajstić information content (AvgIpc) is 2.33. The van der Waals surface area contributed by atoms with Crippen molar-refractivity contribution in [1.29, 1.82) is 0 Å². The molecule has 1 aromatic carbocycles. The Morgan fingerprint density at radius 1 is 1.26 bits per heavy atom. The molecule has 0 spiro atoms. The van der Waals surface area contributed by atoms with Gasteiger partial charge in [0.1, 0.15) is 5.75 Å². The van der Waals surface area contributed by atoms with Crippen LogP contribution in [-0.4, -0.2) is 11.1 Å². The SMILES string of the molecule is CC1(C)CCC(NCc2cc(Cl)cc(Cl)c2O)CC1. The van der Waals surface area contributed by atoms with E-state index in [0.717, 1.165) is 5.56 Å². The summed E-state index contributed by atoms with van der Waals surface area (Å²) in [5, 5.41) is 14.3. The third-order valence-electron chi connectivity index (χ3n) is 4.03. The number of phenols is 1. The Morgan fingerprint density at radius 2 is 1.89 bits per heavy atom. The molecule has 4 heteroatoms. The normalized spacial score (nSPS) is 19.6. The molecule has 1 saturated carbocycles. The lowest BCUT2D eigenvalue weighted by molar-refractivity contribution is 0.205. The number of rotatable bonds is 3. The fraction of sp³-hybridized carbons (Fsp3) is 0.600. The van der Waals surface area contributed by atoms with Crippen molar-refractivity contribution in [2.75, 3.05) is 0 Å². The number of phenolic OH excluding ortho intramolecular Hbond substituents is 1. The molecule has 1 aliphatic rings. The van der Waals surface area contributed by atoms with E-state index >= 15 is 0 Å². The van der Waals surface area contributed by atoms with Gasteiger partial charge in [0.15, 0.2) is 0 Å². The molecule has 0 bridgehead atoms. The molecule has 106 valence electrons. The van der Waals surface area contributed by atoms with E-state index in [2.05, 4.69) is 19.2 Å². The molecule has 19 heavy (non-hydrogen) atoms. The minimum atomic E-state index is 0.134. The van der Waals surface area contributed by atoms with E-state index < -0.39 is 0 Å². The summed E-state index contributed by atoms with van der Waals surface area (Å²) in [5.74, 6) is 0.134. The summed E-state index contributed by atoms with van der Waals surface area (Å²) in [6.07, 6.45) is 4.85. The van der Waals surface area contributed by atoms with E-state index in [1.54, 1.807) is 12.1 Å². The summed E-state index contributed by atoms with van der Waals surface area (Å²) >= 11 is 11.9. The summed E-state index contributed by atoms with van der Waals surface area (Å²) in [6, 6.07) is 3.85. The lowest BCUT2D eigenvalue weighted by Crippen LogP contribution is -2.35. The average molecular weight is 302 g/mol. The minimum Gasteiger partial charge on any atom is -0.506 e. The first-order valence-corrected chi connectivity index (χ1v) is 7.53. The van der Waals surface area contributed by atoms with E-state index in [4.69, 9.17) is 23.2 Å². The van der Waals surface area contributed by atoms with Gasteiger partial charge in [-0.05, 0) is 43.2 Å². The van der Waals surface area contributed by atoms with Crippen molar-refractivity contribution in [2.45, 2.75) is 52.1 Å². The second kappa shape index (κ2) is 5.90. The van der Waals surface area contributed by atoms with Crippen molar-refractivity contribution in [2.24, 2.45) is 5.41 Å². The second-order valence-electron chi connectivity index (χ2n) is 6.21. The van der Waals surface area contributed by atoms with Gasteiger partial charge in [0, 0.05) is 23.2 Å². The van der Waals surface area contributed by atoms with E-state index in [1.165, 1.54) is 25.7 Å².